The van der Waals surface area contributed by atoms with Gasteiger partial charge in [0.2, 0.25) is 0 Å². The molecular formula is C18H20N2O4. The summed E-state index contributed by atoms with van der Waals surface area (Å²) < 4.78 is 17.2. The smallest absolute Gasteiger partial charge is 0.289 e. The maximum absolute atomic E-state index is 12.4. The van der Waals surface area contributed by atoms with E-state index >= 15 is 0 Å². The summed E-state index contributed by atoms with van der Waals surface area (Å²) in [5.74, 6) is 0.314. The van der Waals surface area contributed by atoms with Crippen LogP contribution in [0.5, 0.6) is 0 Å². The van der Waals surface area contributed by atoms with E-state index in [9.17, 15) is 4.79 Å². The molecule has 1 spiro atoms. The Balaban J connectivity index is 1.32. The molecule has 4 heterocycles. The van der Waals surface area contributed by atoms with Crippen molar-refractivity contribution in [3.05, 3.63) is 54.2 Å². The lowest BCUT2D eigenvalue weighted by Gasteiger charge is -2.22. The lowest BCUT2D eigenvalue weighted by molar-refractivity contribution is 0.0000820. The van der Waals surface area contributed by atoms with Crippen molar-refractivity contribution < 1.29 is 18.7 Å². The van der Waals surface area contributed by atoms with Crippen LogP contribution in [0.3, 0.4) is 0 Å². The molecule has 0 bridgehead atoms. The van der Waals surface area contributed by atoms with Gasteiger partial charge in [-0.05, 0) is 30.2 Å². The fourth-order valence-corrected chi connectivity index (χ4v) is 3.47. The Morgan fingerprint density at radius 1 is 1.42 bits per heavy atom. The number of hydrogen-bond donors (Lipinski definition) is 0. The molecule has 2 aliphatic rings. The molecule has 24 heavy (non-hydrogen) atoms. The second kappa shape index (κ2) is 6.37. The van der Waals surface area contributed by atoms with Crippen LogP contribution in [0.15, 0.2) is 47.3 Å². The second-order valence-corrected chi connectivity index (χ2v) is 6.45. The highest BCUT2D eigenvalue weighted by Crippen LogP contribution is 2.37. The van der Waals surface area contributed by atoms with Gasteiger partial charge in [0.25, 0.3) is 5.91 Å². The SMILES string of the molecule is O=C(c1ccco1)N1CC[C@]2(C[C@@H](OCc3cccnc3)CO2)C1. The minimum absolute atomic E-state index is 0.0591. The summed E-state index contributed by atoms with van der Waals surface area (Å²) >= 11 is 0. The quantitative estimate of drug-likeness (QED) is 0.861. The van der Waals surface area contributed by atoms with Gasteiger partial charge < -0.3 is 18.8 Å². The highest BCUT2D eigenvalue weighted by atomic mass is 16.6. The molecular weight excluding hydrogens is 308 g/mol. The number of furan rings is 1. The average molecular weight is 328 g/mol. The zero-order valence-corrected chi connectivity index (χ0v) is 13.4. The molecule has 1 amide bonds. The first-order valence-corrected chi connectivity index (χ1v) is 8.21. The fraction of sp³-hybridized carbons (Fsp3) is 0.444. The Morgan fingerprint density at radius 3 is 3.17 bits per heavy atom. The molecule has 0 unspecified atom stereocenters. The van der Waals surface area contributed by atoms with Crippen molar-refractivity contribution in [2.45, 2.75) is 31.2 Å². The summed E-state index contributed by atoms with van der Waals surface area (Å²) in [6.07, 6.45) is 6.80. The largest absolute Gasteiger partial charge is 0.459 e. The first kappa shape index (κ1) is 15.4. The van der Waals surface area contributed by atoms with Gasteiger partial charge in [0.05, 0.1) is 37.7 Å². The van der Waals surface area contributed by atoms with Gasteiger partial charge in [0.15, 0.2) is 5.76 Å². The van der Waals surface area contributed by atoms with Gasteiger partial charge in [-0.3, -0.25) is 9.78 Å². The van der Waals surface area contributed by atoms with Crippen molar-refractivity contribution in [2.75, 3.05) is 19.7 Å². The number of rotatable bonds is 4. The van der Waals surface area contributed by atoms with Gasteiger partial charge >= 0.3 is 0 Å². The Kier molecular flexibility index (Phi) is 4.08. The first-order valence-electron chi connectivity index (χ1n) is 8.21. The number of aromatic nitrogens is 1. The molecule has 126 valence electrons. The third-order valence-corrected chi connectivity index (χ3v) is 4.72. The van der Waals surface area contributed by atoms with Crippen LogP contribution in [0.4, 0.5) is 0 Å². The lowest BCUT2D eigenvalue weighted by Crippen LogP contribution is -2.36. The normalized spacial score (nSPS) is 26.3. The number of hydrogen-bond acceptors (Lipinski definition) is 5. The third-order valence-electron chi connectivity index (χ3n) is 4.72. The second-order valence-electron chi connectivity index (χ2n) is 6.45. The standard InChI is InChI=1S/C18H20N2O4/c21-17(16-4-2-8-22-16)20-7-5-18(13-20)9-15(12-24-18)23-11-14-3-1-6-19-10-14/h1-4,6,8,10,15H,5,7,9,11-13H2/t15-,18+/m1/s1. The molecule has 2 atom stereocenters. The van der Waals surface area contributed by atoms with Crippen LogP contribution >= 0.6 is 0 Å². The number of amides is 1. The van der Waals surface area contributed by atoms with Gasteiger partial charge in [-0.1, -0.05) is 6.07 Å². The summed E-state index contributed by atoms with van der Waals surface area (Å²) in [6.45, 7) is 2.39. The summed E-state index contributed by atoms with van der Waals surface area (Å²) in [7, 11) is 0. The average Bonchev–Trinajstić information content (AvgIpc) is 3.36. The van der Waals surface area contributed by atoms with E-state index in [1.807, 2.05) is 23.2 Å². The Morgan fingerprint density at radius 2 is 2.38 bits per heavy atom. The Bertz CT molecular complexity index is 688. The van der Waals surface area contributed by atoms with Crippen LogP contribution < -0.4 is 0 Å². The summed E-state index contributed by atoms with van der Waals surface area (Å²) in [6, 6.07) is 7.33. The molecule has 4 rings (SSSR count). The van der Waals surface area contributed by atoms with E-state index in [0.717, 1.165) is 18.4 Å². The Hall–Kier alpha value is -2.18. The van der Waals surface area contributed by atoms with Crippen molar-refractivity contribution in [1.29, 1.82) is 0 Å². The number of ether oxygens (including phenoxy) is 2. The van der Waals surface area contributed by atoms with Crippen molar-refractivity contribution in [3.63, 3.8) is 0 Å². The van der Waals surface area contributed by atoms with E-state index in [2.05, 4.69) is 4.98 Å². The summed E-state index contributed by atoms with van der Waals surface area (Å²) in [4.78, 5) is 18.3. The Labute approximate surface area is 140 Å². The predicted molar refractivity (Wildman–Crippen MR) is 85.3 cm³/mol. The topological polar surface area (TPSA) is 64.8 Å². The van der Waals surface area contributed by atoms with Crippen molar-refractivity contribution in [3.8, 4) is 0 Å². The molecule has 0 saturated carbocycles. The van der Waals surface area contributed by atoms with Gasteiger partial charge in [0.1, 0.15) is 0 Å². The third kappa shape index (κ3) is 3.07. The van der Waals surface area contributed by atoms with Crippen LogP contribution in [0, 0.1) is 0 Å². The van der Waals surface area contributed by atoms with E-state index in [1.165, 1.54) is 6.26 Å². The van der Waals surface area contributed by atoms with Gasteiger partial charge in [0, 0.05) is 25.4 Å². The monoisotopic (exact) mass is 328 g/mol. The molecule has 2 aromatic rings. The predicted octanol–water partition coefficient (Wildman–Crippen LogP) is 2.27. The van der Waals surface area contributed by atoms with E-state index in [0.29, 0.717) is 32.1 Å². The molecule has 0 radical (unpaired) electrons. The van der Waals surface area contributed by atoms with Crippen molar-refractivity contribution >= 4 is 5.91 Å². The molecule has 2 saturated heterocycles. The molecule has 6 nitrogen and oxygen atoms in total. The van der Waals surface area contributed by atoms with Crippen LogP contribution in [-0.2, 0) is 16.1 Å². The fourth-order valence-electron chi connectivity index (χ4n) is 3.47. The summed E-state index contributed by atoms with van der Waals surface area (Å²) in [5.41, 5.74) is 0.779. The van der Waals surface area contributed by atoms with Gasteiger partial charge in [-0.15, -0.1) is 0 Å². The van der Waals surface area contributed by atoms with Crippen LogP contribution in [0.1, 0.15) is 29.0 Å². The lowest BCUT2D eigenvalue weighted by atomic mass is 9.98. The van der Waals surface area contributed by atoms with Gasteiger partial charge in [-0.2, -0.15) is 0 Å². The van der Waals surface area contributed by atoms with E-state index in [4.69, 9.17) is 13.9 Å². The first-order chi connectivity index (χ1) is 11.7. The number of carbonyl (C=O) groups excluding carboxylic acids is 1. The molecule has 2 aromatic heterocycles. The number of nitrogens with zero attached hydrogens (tertiary/aromatic N) is 2. The van der Waals surface area contributed by atoms with Gasteiger partial charge in [-0.25, -0.2) is 0 Å². The van der Waals surface area contributed by atoms with Crippen LogP contribution in [-0.4, -0.2) is 47.2 Å². The van der Waals surface area contributed by atoms with E-state index in [1.54, 1.807) is 18.3 Å². The molecule has 0 aliphatic carbocycles. The maximum atomic E-state index is 12.4. The van der Waals surface area contributed by atoms with Crippen molar-refractivity contribution in [1.82, 2.24) is 9.88 Å². The minimum Gasteiger partial charge on any atom is -0.459 e. The molecule has 0 aromatic carbocycles. The zero-order valence-electron chi connectivity index (χ0n) is 13.4. The summed E-state index contributed by atoms with van der Waals surface area (Å²) in [5, 5.41) is 0. The van der Waals surface area contributed by atoms with E-state index < -0.39 is 0 Å². The number of pyridine rings is 1. The van der Waals surface area contributed by atoms with Crippen molar-refractivity contribution in [2.24, 2.45) is 0 Å². The molecule has 2 fully saturated rings. The number of carbonyl (C=O) groups is 1. The molecule has 0 N–H and O–H groups in total. The van der Waals surface area contributed by atoms with E-state index in [-0.39, 0.29) is 17.6 Å². The maximum Gasteiger partial charge on any atom is 0.289 e. The van der Waals surface area contributed by atoms with Crippen LogP contribution in [0.2, 0.25) is 0 Å². The molecule has 6 heteroatoms. The van der Waals surface area contributed by atoms with Crippen LogP contribution in [0.25, 0.3) is 0 Å². The minimum atomic E-state index is -0.276. The number of likely N-dealkylation sites (tertiary alicyclic amines) is 1. The highest BCUT2D eigenvalue weighted by Gasteiger charge is 2.47. The molecule has 2 aliphatic heterocycles. The highest BCUT2D eigenvalue weighted by molar-refractivity contribution is 5.91. The zero-order chi connectivity index (χ0) is 16.4.